The standard InChI is InChI=1S/C15H15N5OS2/c1-10-18-12(8-23-10)15(21)20-5-3-19(4-6-20)14-13-11(2-7-22-13)16-9-17-14/h2,7-9H,3-6H2,1H3. The third-order valence-electron chi connectivity index (χ3n) is 3.93. The van der Waals surface area contributed by atoms with Gasteiger partial charge in [-0.3, -0.25) is 4.79 Å². The van der Waals surface area contributed by atoms with Crippen molar-refractivity contribution in [1.29, 1.82) is 0 Å². The van der Waals surface area contributed by atoms with Crippen molar-refractivity contribution in [2.45, 2.75) is 6.92 Å². The minimum absolute atomic E-state index is 0.0259. The molecule has 0 aliphatic carbocycles. The second kappa shape index (κ2) is 5.86. The molecule has 0 saturated carbocycles. The van der Waals surface area contributed by atoms with Crippen LogP contribution in [-0.2, 0) is 0 Å². The Morgan fingerprint density at radius 1 is 1.17 bits per heavy atom. The summed E-state index contributed by atoms with van der Waals surface area (Å²) in [4.78, 5) is 29.6. The topological polar surface area (TPSA) is 62.2 Å². The Hall–Kier alpha value is -2.06. The summed E-state index contributed by atoms with van der Waals surface area (Å²) in [6, 6.07) is 2.01. The van der Waals surface area contributed by atoms with Crippen molar-refractivity contribution < 1.29 is 4.79 Å². The van der Waals surface area contributed by atoms with E-state index in [1.807, 2.05) is 28.7 Å². The van der Waals surface area contributed by atoms with E-state index in [1.54, 1.807) is 17.7 Å². The fourth-order valence-corrected chi connectivity index (χ4v) is 4.19. The Morgan fingerprint density at radius 2 is 2.00 bits per heavy atom. The molecular formula is C15H15N5OS2. The van der Waals surface area contributed by atoms with Gasteiger partial charge in [-0.25, -0.2) is 15.0 Å². The molecule has 0 atom stereocenters. The third kappa shape index (κ3) is 2.68. The second-order valence-corrected chi connectivity index (χ2v) is 7.34. The Labute approximate surface area is 141 Å². The summed E-state index contributed by atoms with van der Waals surface area (Å²) in [5.41, 5.74) is 1.54. The third-order valence-corrected chi connectivity index (χ3v) is 5.60. The van der Waals surface area contributed by atoms with Crippen LogP contribution in [0.15, 0.2) is 23.2 Å². The average molecular weight is 345 g/mol. The van der Waals surface area contributed by atoms with Crippen LogP contribution in [0.1, 0.15) is 15.5 Å². The molecule has 1 amide bonds. The van der Waals surface area contributed by atoms with Crippen molar-refractivity contribution in [2.24, 2.45) is 0 Å². The van der Waals surface area contributed by atoms with E-state index in [0.29, 0.717) is 18.8 Å². The molecule has 6 nitrogen and oxygen atoms in total. The van der Waals surface area contributed by atoms with Gasteiger partial charge in [0, 0.05) is 31.6 Å². The number of aromatic nitrogens is 3. The minimum atomic E-state index is 0.0259. The zero-order chi connectivity index (χ0) is 15.8. The van der Waals surface area contributed by atoms with Crippen LogP contribution in [0.4, 0.5) is 5.82 Å². The highest BCUT2D eigenvalue weighted by atomic mass is 32.1. The molecule has 4 heterocycles. The quantitative estimate of drug-likeness (QED) is 0.714. The Morgan fingerprint density at radius 3 is 2.74 bits per heavy atom. The predicted octanol–water partition coefficient (Wildman–Crippen LogP) is 2.42. The number of carbonyl (C=O) groups is 1. The van der Waals surface area contributed by atoms with E-state index in [-0.39, 0.29) is 5.91 Å². The first kappa shape index (κ1) is 14.5. The number of piperazine rings is 1. The molecule has 0 N–H and O–H groups in total. The minimum Gasteiger partial charge on any atom is -0.352 e. The summed E-state index contributed by atoms with van der Waals surface area (Å²) in [6.45, 7) is 4.84. The Kier molecular flexibility index (Phi) is 3.70. The molecule has 4 rings (SSSR count). The zero-order valence-corrected chi connectivity index (χ0v) is 14.2. The number of rotatable bonds is 2. The number of hydrogen-bond donors (Lipinski definition) is 0. The molecule has 1 saturated heterocycles. The molecular weight excluding hydrogens is 330 g/mol. The SMILES string of the molecule is Cc1nc(C(=O)N2CCN(c3ncnc4ccsc34)CC2)cs1. The zero-order valence-electron chi connectivity index (χ0n) is 12.6. The van der Waals surface area contributed by atoms with Crippen molar-refractivity contribution in [3.63, 3.8) is 0 Å². The number of thiophene rings is 1. The van der Waals surface area contributed by atoms with Gasteiger partial charge in [-0.1, -0.05) is 0 Å². The normalized spacial score (nSPS) is 15.3. The van der Waals surface area contributed by atoms with Gasteiger partial charge in [-0.15, -0.1) is 22.7 Å². The maximum Gasteiger partial charge on any atom is 0.273 e. The summed E-state index contributed by atoms with van der Waals surface area (Å²) in [5.74, 6) is 1.000. The lowest BCUT2D eigenvalue weighted by Gasteiger charge is -2.35. The fraction of sp³-hybridized carbons (Fsp3) is 0.333. The van der Waals surface area contributed by atoms with Crippen LogP contribution in [0.5, 0.6) is 0 Å². The van der Waals surface area contributed by atoms with Crippen LogP contribution >= 0.6 is 22.7 Å². The first-order valence-electron chi connectivity index (χ1n) is 7.37. The maximum atomic E-state index is 12.5. The van der Waals surface area contributed by atoms with E-state index < -0.39 is 0 Å². The van der Waals surface area contributed by atoms with Crippen LogP contribution in [0.3, 0.4) is 0 Å². The molecule has 0 spiro atoms. The summed E-state index contributed by atoms with van der Waals surface area (Å²) >= 11 is 3.17. The monoisotopic (exact) mass is 345 g/mol. The number of nitrogens with zero attached hydrogens (tertiary/aromatic N) is 5. The van der Waals surface area contributed by atoms with Crippen molar-refractivity contribution in [3.8, 4) is 0 Å². The molecule has 0 bridgehead atoms. The largest absolute Gasteiger partial charge is 0.352 e. The van der Waals surface area contributed by atoms with E-state index in [0.717, 1.165) is 34.1 Å². The van der Waals surface area contributed by atoms with E-state index in [4.69, 9.17) is 0 Å². The van der Waals surface area contributed by atoms with Gasteiger partial charge in [0.15, 0.2) is 0 Å². The molecule has 118 valence electrons. The van der Waals surface area contributed by atoms with Gasteiger partial charge in [0.1, 0.15) is 17.8 Å². The van der Waals surface area contributed by atoms with Gasteiger partial charge in [0.05, 0.1) is 15.2 Å². The highest BCUT2D eigenvalue weighted by Gasteiger charge is 2.25. The summed E-state index contributed by atoms with van der Waals surface area (Å²) in [5, 5.41) is 4.80. The van der Waals surface area contributed by atoms with Crippen molar-refractivity contribution >= 4 is 44.6 Å². The molecule has 3 aromatic rings. The van der Waals surface area contributed by atoms with Crippen LogP contribution in [0.25, 0.3) is 10.2 Å². The molecule has 1 aliphatic rings. The van der Waals surface area contributed by atoms with E-state index in [1.165, 1.54) is 11.3 Å². The van der Waals surface area contributed by atoms with Gasteiger partial charge >= 0.3 is 0 Å². The van der Waals surface area contributed by atoms with Crippen LogP contribution < -0.4 is 4.90 Å². The smallest absolute Gasteiger partial charge is 0.273 e. The maximum absolute atomic E-state index is 12.5. The van der Waals surface area contributed by atoms with Gasteiger partial charge < -0.3 is 9.80 Å². The lowest BCUT2D eigenvalue weighted by atomic mass is 10.2. The summed E-state index contributed by atoms with van der Waals surface area (Å²) in [6.07, 6.45) is 1.61. The molecule has 0 radical (unpaired) electrons. The van der Waals surface area contributed by atoms with Crippen molar-refractivity contribution in [1.82, 2.24) is 19.9 Å². The van der Waals surface area contributed by atoms with E-state index in [9.17, 15) is 4.79 Å². The average Bonchev–Trinajstić information content (AvgIpc) is 3.22. The van der Waals surface area contributed by atoms with Gasteiger partial charge in [0.2, 0.25) is 0 Å². The van der Waals surface area contributed by atoms with Crippen LogP contribution in [-0.4, -0.2) is 51.9 Å². The Bertz CT molecular complexity index is 850. The molecule has 0 aromatic carbocycles. The number of hydrogen-bond acceptors (Lipinski definition) is 7. The van der Waals surface area contributed by atoms with E-state index in [2.05, 4.69) is 19.9 Å². The van der Waals surface area contributed by atoms with Crippen molar-refractivity contribution in [3.05, 3.63) is 33.9 Å². The first-order valence-corrected chi connectivity index (χ1v) is 9.13. The number of fused-ring (bicyclic) bond motifs is 1. The second-order valence-electron chi connectivity index (χ2n) is 5.36. The first-order chi connectivity index (χ1) is 11.2. The highest BCUT2D eigenvalue weighted by Crippen LogP contribution is 2.28. The Balaban J connectivity index is 1.49. The van der Waals surface area contributed by atoms with Gasteiger partial charge in [-0.2, -0.15) is 0 Å². The lowest BCUT2D eigenvalue weighted by Crippen LogP contribution is -2.49. The number of carbonyl (C=O) groups excluding carboxylic acids is 1. The summed E-state index contributed by atoms with van der Waals surface area (Å²) in [7, 11) is 0. The highest BCUT2D eigenvalue weighted by molar-refractivity contribution is 7.17. The number of amides is 1. The van der Waals surface area contributed by atoms with Crippen LogP contribution in [0.2, 0.25) is 0 Å². The number of thiazole rings is 1. The molecule has 0 unspecified atom stereocenters. The molecule has 1 fully saturated rings. The molecule has 3 aromatic heterocycles. The predicted molar refractivity (Wildman–Crippen MR) is 92.4 cm³/mol. The summed E-state index contributed by atoms with van der Waals surface area (Å²) < 4.78 is 1.11. The number of anilines is 1. The van der Waals surface area contributed by atoms with Gasteiger partial charge in [-0.05, 0) is 18.4 Å². The molecule has 1 aliphatic heterocycles. The van der Waals surface area contributed by atoms with Crippen LogP contribution in [0, 0.1) is 6.92 Å². The fourth-order valence-electron chi connectivity index (χ4n) is 2.75. The van der Waals surface area contributed by atoms with Gasteiger partial charge in [0.25, 0.3) is 5.91 Å². The van der Waals surface area contributed by atoms with E-state index >= 15 is 0 Å². The molecule has 23 heavy (non-hydrogen) atoms. The number of aryl methyl sites for hydroxylation is 1. The lowest BCUT2D eigenvalue weighted by molar-refractivity contribution is 0.0741. The van der Waals surface area contributed by atoms with Crippen molar-refractivity contribution in [2.75, 3.05) is 31.1 Å². The molecule has 8 heteroatoms.